The molecule has 32 valence electrons. The summed E-state index contributed by atoms with van der Waals surface area (Å²) in [5, 5.41) is 0. The van der Waals surface area contributed by atoms with Gasteiger partial charge in [-0.1, -0.05) is 0 Å². The van der Waals surface area contributed by atoms with Crippen LogP contribution in [0.1, 0.15) is 0 Å². The number of hydrogen-bond acceptors (Lipinski definition) is 1. The fraction of sp³-hybridized carbons (Fsp3) is 0. The SMILES string of the molecule is FC1=C(F)N=[C-]1. The topological polar surface area (TPSA) is 12.4 Å². The standard InChI is InChI=1S/C3F2N/c4-2-1-6-3(2)5/q-1. The third-order valence-electron chi connectivity index (χ3n) is 0.433. The van der Waals surface area contributed by atoms with E-state index in [9.17, 15) is 8.78 Å². The highest BCUT2D eigenvalue weighted by molar-refractivity contribution is 5.82. The van der Waals surface area contributed by atoms with Crippen LogP contribution in [0.25, 0.3) is 0 Å². The zero-order valence-corrected chi connectivity index (χ0v) is 2.70. The largest absolute Gasteiger partial charge is 0.356 e. The smallest absolute Gasteiger partial charge is 0.132 e. The molecule has 1 nitrogen and oxygen atoms in total. The minimum Gasteiger partial charge on any atom is -0.356 e. The van der Waals surface area contributed by atoms with E-state index in [-0.39, 0.29) is 0 Å². The van der Waals surface area contributed by atoms with E-state index in [1.807, 2.05) is 0 Å². The van der Waals surface area contributed by atoms with Crippen LogP contribution in [0, 0.1) is 0 Å². The molecule has 0 saturated carbocycles. The Bertz CT molecular complexity index is 111. The quantitative estimate of drug-likeness (QED) is 0.310. The molecule has 1 aliphatic rings. The molecule has 0 unspecified atom stereocenters. The highest BCUT2D eigenvalue weighted by atomic mass is 19.2. The minimum absolute atomic E-state index is 0.977. The Balaban J connectivity index is 2.71. The first-order valence-corrected chi connectivity index (χ1v) is 1.33. The number of aliphatic imine (C=N–C) groups is 1. The Morgan fingerprint density at radius 2 is 2.00 bits per heavy atom. The average Bonchev–Trinajstić information content (AvgIpc) is 1.61. The van der Waals surface area contributed by atoms with Crippen LogP contribution in [0.5, 0.6) is 0 Å². The van der Waals surface area contributed by atoms with E-state index in [0.717, 1.165) is 0 Å². The van der Waals surface area contributed by atoms with E-state index in [1.54, 1.807) is 6.21 Å². The third-order valence-corrected chi connectivity index (χ3v) is 0.433. The van der Waals surface area contributed by atoms with Crippen LogP contribution in [0.2, 0.25) is 0 Å². The van der Waals surface area contributed by atoms with Gasteiger partial charge < -0.3 is 4.99 Å². The molecule has 0 spiro atoms. The monoisotopic (exact) mass is 88.0 g/mol. The van der Waals surface area contributed by atoms with Gasteiger partial charge >= 0.3 is 0 Å². The second-order valence-corrected chi connectivity index (χ2v) is 0.828. The van der Waals surface area contributed by atoms with Gasteiger partial charge in [-0.05, 0) is 6.21 Å². The summed E-state index contributed by atoms with van der Waals surface area (Å²) in [6.45, 7) is 0. The maximum atomic E-state index is 11.2. The Kier molecular flexibility index (Phi) is 0.498. The van der Waals surface area contributed by atoms with Gasteiger partial charge in [-0.15, -0.1) is 0 Å². The van der Waals surface area contributed by atoms with Crippen molar-refractivity contribution in [3.63, 3.8) is 0 Å². The molecule has 0 amide bonds. The van der Waals surface area contributed by atoms with Gasteiger partial charge in [0.25, 0.3) is 0 Å². The van der Waals surface area contributed by atoms with Gasteiger partial charge in [0.05, 0.1) is 5.83 Å². The Morgan fingerprint density at radius 3 is 2.00 bits per heavy atom. The van der Waals surface area contributed by atoms with E-state index < -0.39 is 11.8 Å². The second kappa shape index (κ2) is 0.864. The molecule has 0 aliphatic carbocycles. The van der Waals surface area contributed by atoms with Crippen LogP contribution in [0.3, 0.4) is 0 Å². The molecular formula is C3F2N-. The molecule has 1 heterocycles. The summed E-state index contributed by atoms with van der Waals surface area (Å²) in [6.07, 6.45) is 1.72. The van der Waals surface area contributed by atoms with Crippen molar-refractivity contribution in [2.75, 3.05) is 0 Å². The molecule has 0 fully saturated rings. The van der Waals surface area contributed by atoms with E-state index >= 15 is 0 Å². The first-order valence-electron chi connectivity index (χ1n) is 1.33. The van der Waals surface area contributed by atoms with Gasteiger partial charge in [-0.3, -0.25) is 4.39 Å². The lowest BCUT2D eigenvalue weighted by Gasteiger charge is -2.04. The van der Waals surface area contributed by atoms with Crippen molar-refractivity contribution in [1.82, 2.24) is 0 Å². The van der Waals surface area contributed by atoms with Crippen molar-refractivity contribution in [3.05, 3.63) is 11.8 Å². The van der Waals surface area contributed by atoms with Crippen molar-refractivity contribution in [3.8, 4) is 0 Å². The molecule has 0 atom stereocenters. The molecule has 0 saturated heterocycles. The molecule has 0 aromatic rings. The lowest BCUT2D eigenvalue weighted by molar-refractivity contribution is 0.540. The van der Waals surface area contributed by atoms with E-state index in [4.69, 9.17) is 0 Å². The predicted octanol–water partition coefficient (Wildman–Crippen LogP) is 1.06. The molecule has 1 rings (SSSR count). The molecule has 3 heteroatoms. The van der Waals surface area contributed by atoms with Crippen molar-refractivity contribution in [1.29, 1.82) is 0 Å². The molecule has 1 aliphatic heterocycles. The van der Waals surface area contributed by atoms with E-state index in [1.165, 1.54) is 0 Å². The molecule has 0 radical (unpaired) electrons. The van der Waals surface area contributed by atoms with Crippen molar-refractivity contribution in [2.45, 2.75) is 0 Å². The highest BCUT2D eigenvalue weighted by Crippen LogP contribution is 2.14. The number of hydrogen-bond donors (Lipinski definition) is 0. The van der Waals surface area contributed by atoms with Gasteiger partial charge in [0.2, 0.25) is 0 Å². The van der Waals surface area contributed by atoms with Crippen LogP contribution in [-0.2, 0) is 0 Å². The van der Waals surface area contributed by atoms with E-state index in [0.29, 0.717) is 0 Å². The van der Waals surface area contributed by atoms with Crippen molar-refractivity contribution >= 4 is 6.21 Å². The Hall–Kier alpha value is -0.730. The summed E-state index contributed by atoms with van der Waals surface area (Å²) >= 11 is 0. The zero-order chi connectivity index (χ0) is 4.57. The minimum atomic E-state index is -1.05. The van der Waals surface area contributed by atoms with Gasteiger partial charge in [0, 0.05) is 0 Å². The van der Waals surface area contributed by atoms with Gasteiger partial charge in [0.15, 0.2) is 0 Å². The summed E-state index contributed by atoms with van der Waals surface area (Å²) in [7, 11) is 0. The first-order chi connectivity index (χ1) is 2.80. The number of halogens is 2. The van der Waals surface area contributed by atoms with Crippen LogP contribution in [0.4, 0.5) is 8.78 Å². The lowest BCUT2D eigenvalue weighted by atomic mass is 10.5. The Labute approximate surface area is 33.0 Å². The van der Waals surface area contributed by atoms with E-state index in [2.05, 4.69) is 4.99 Å². The number of allylic oxidation sites excluding steroid dienone is 1. The lowest BCUT2D eigenvalue weighted by Crippen LogP contribution is -1.89. The summed E-state index contributed by atoms with van der Waals surface area (Å²) < 4.78 is 22.4. The van der Waals surface area contributed by atoms with Crippen molar-refractivity contribution in [2.24, 2.45) is 4.99 Å². The highest BCUT2D eigenvalue weighted by Gasteiger charge is 1.96. The van der Waals surface area contributed by atoms with Crippen LogP contribution in [0.15, 0.2) is 16.8 Å². The summed E-state index contributed by atoms with van der Waals surface area (Å²) in [5.41, 5.74) is 0. The van der Waals surface area contributed by atoms with Crippen molar-refractivity contribution < 1.29 is 8.78 Å². The van der Waals surface area contributed by atoms with Crippen LogP contribution in [-0.4, -0.2) is 6.21 Å². The molecule has 0 bridgehead atoms. The normalized spacial score (nSPS) is 18.3. The Morgan fingerprint density at radius 1 is 1.50 bits per heavy atom. The van der Waals surface area contributed by atoms with Gasteiger partial charge in [0.1, 0.15) is 5.95 Å². The molecular weight excluding hydrogens is 88.0 g/mol. The predicted molar refractivity (Wildman–Crippen MR) is 16.7 cm³/mol. The first kappa shape index (κ1) is 3.46. The number of rotatable bonds is 0. The number of nitrogens with zero attached hydrogens (tertiary/aromatic N) is 1. The molecule has 0 N–H and O–H groups in total. The average molecular weight is 88.0 g/mol. The molecule has 0 aromatic carbocycles. The fourth-order valence-corrected chi connectivity index (χ4v) is 0.140. The summed E-state index contributed by atoms with van der Waals surface area (Å²) in [4.78, 5) is 2.74. The maximum absolute atomic E-state index is 11.2. The second-order valence-electron chi connectivity index (χ2n) is 0.828. The van der Waals surface area contributed by atoms with Gasteiger partial charge in [-0.25, -0.2) is 4.39 Å². The maximum Gasteiger partial charge on any atom is 0.132 e. The molecule has 0 aromatic heterocycles. The molecule has 6 heavy (non-hydrogen) atoms. The van der Waals surface area contributed by atoms with Gasteiger partial charge in [-0.2, -0.15) is 0 Å². The third kappa shape index (κ3) is 0.246. The van der Waals surface area contributed by atoms with Crippen LogP contribution >= 0.6 is 0 Å². The van der Waals surface area contributed by atoms with Crippen LogP contribution < -0.4 is 0 Å². The summed E-state index contributed by atoms with van der Waals surface area (Å²) in [6, 6.07) is 0. The summed E-state index contributed by atoms with van der Waals surface area (Å²) in [5.74, 6) is -2.02. The fourth-order valence-electron chi connectivity index (χ4n) is 0.140. The zero-order valence-electron chi connectivity index (χ0n) is 2.70.